The average Bonchev–Trinajstić information content (AvgIpc) is 2.99. The summed E-state index contributed by atoms with van der Waals surface area (Å²) in [5, 5.41) is 8.89. The molecule has 3 rings (SSSR count). The van der Waals surface area contributed by atoms with Gasteiger partial charge in [-0.1, -0.05) is 23.9 Å². The van der Waals surface area contributed by atoms with Crippen LogP contribution in [0.25, 0.3) is 10.2 Å². The second kappa shape index (κ2) is 5.30. The fraction of sp³-hybridized carbons (Fsp3) is 0.143. The number of rotatable bonds is 4. The number of benzene rings is 1. The predicted molar refractivity (Wildman–Crippen MR) is 79.6 cm³/mol. The number of nitrogens with zero attached hydrogens (tertiary/aromatic N) is 1. The van der Waals surface area contributed by atoms with Gasteiger partial charge in [0.25, 0.3) is 0 Å². The minimum absolute atomic E-state index is 0.0117. The average molecular weight is 305 g/mol. The Bertz CT molecular complexity index is 743. The van der Waals surface area contributed by atoms with Crippen LogP contribution in [0, 0.1) is 6.92 Å². The van der Waals surface area contributed by atoms with Gasteiger partial charge in [0.05, 0.1) is 10.2 Å². The van der Waals surface area contributed by atoms with Crippen LogP contribution in [-0.2, 0) is 5.75 Å². The highest BCUT2D eigenvalue weighted by atomic mass is 32.2. The molecule has 0 spiro atoms. The summed E-state index contributed by atoms with van der Waals surface area (Å²) >= 11 is 3.23. The van der Waals surface area contributed by atoms with Crippen molar-refractivity contribution in [3.8, 4) is 0 Å². The van der Waals surface area contributed by atoms with Crippen LogP contribution in [0.1, 0.15) is 21.9 Å². The number of aromatic carboxylic acids is 1. The Hall–Kier alpha value is -1.79. The quantitative estimate of drug-likeness (QED) is 0.732. The van der Waals surface area contributed by atoms with Crippen LogP contribution in [0.15, 0.2) is 39.1 Å². The highest BCUT2D eigenvalue weighted by Crippen LogP contribution is 2.32. The van der Waals surface area contributed by atoms with Crippen LogP contribution in [0.3, 0.4) is 0 Å². The number of carbonyl (C=O) groups is 1. The molecule has 2 heterocycles. The predicted octanol–water partition coefficient (Wildman–Crippen LogP) is 4.19. The zero-order valence-electron chi connectivity index (χ0n) is 10.6. The van der Waals surface area contributed by atoms with Gasteiger partial charge in [0, 0.05) is 11.3 Å². The molecule has 1 aromatic carbocycles. The molecule has 0 aliphatic heterocycles. The molecule has 3 aromatic rings. The maximum Gasteiger partial charge on any atom is 0.371 e. The van der Waals surface area contributed by atoms with Crippen molar-refractivity contribution < 1.29 is 14.3 Å². The van der Waals surface area contributed by atoms with Crippen molar-refractivity contribution in [2.75, 3.05) is 0 Å². The minimum Gasteiger partial charge on any atom is -0.475 e. The van der Waals surface area contributed by atoms with Gasteiger partial charge in [0.15, 0.2) is 4.34 Å². The van der Waals surface area contributed by atoms with Crippen molar-refractivity contribution in [1.82, 2.24) is 4.98 Å². The fourth-order valence-electron chi connectivity index (χ4n) is 1.82. The number of thioether (sulfide) groups is 1. The van der Waals surface area contributed by atoms with E-state index >= 15 is 0 Å². The van der Waals surface area contributed by atoms with Gasteiger partial charge < -0.3 is 9.52 Å². The van der Waals surface area contributed by atoms with Gasteiger partial charge in [-0.25, -0.2) is 9.78 Å². The summed E-state index contributed by atoms with van der Waals surface area (Å²) in [6, 6.07) is 9.58. The number of aryl methyl sites for hydroxylation is 1. The van der Waals surface area contributed by atoms with E-state index in [-0.39, 0.29) is 5.76 Å². The number of fused-ring (bicyclic) bond motifs is 1. The maximum absolute atomic E-state index is 10.8. The lowest BCUT2D eigenvalue weighted by molar-refractivity contribution is 0.0661. The van der Waals surface area contributed by atoms with Crippen LogP contribution < -0.4 is 0 Å². The molecule has 20 heavy (non-hydrogen) atoms. The van der Waals surface area contributed by atoms with E-state index in [0.29, 0.717) is 11.5 Å². The van der Waals surface area contributed by atoms with Gasteiger partial charge in [0.2, 0.25) is 5.76 Å². The summed E-state index contributed by atoms with van der Waals surface area (Å²) in [6.07, 6.45) is 0. The molecule has 0 bridgehead atoms. The largest absolute Gasteiger partial charge is 0.475 e. The van der Waals surface area contributed by atoms with Crippen LogP contribution in [0.5, 0.6) is 0 Å². The lowest BCUT2D eigenvalue weighted by Crippen LogP contribution is -1.91. The molecule has 0 saturated heterocycles. The van der Waals surface area contributed by atoms with Gasteiger partial charge in [-0.3, -0.25) is 0 Å². The van der Waals surface area contributed by atoms with E-state index in [9.17, 15) is 4.79 Å². The third kappa shape index (κ3) is 2.57. The third-order valence-electron chi connectivity index (χ3n) is 2.86. The van der Waals surface area contributed by atoms with Crippen molar-refractivity contribution in [2.24, 2.45) is 0 Å². The zero-order valence-corrected chi connectivity index (χ0v) is 12.3. The molecule has 4 nitrogen and oxygen atoms in total. The molecule has 2 aromatic heterocycles. The Morgan fingerprint density at radius 3 is 2.95 bits per heavy atom. The monoisotopic (exact) mass is 305 g/mol. The van der Waals surface area contributed by atoms with E-state index in [1.54, 1.807) is 36.1 Å². The van der Waals surface area contributed by atoms with E-state index in [1.807, 2.05) is 24.3 Å². The zero-order chi connectivity index (χ0) is 14.1. The number of carboxylic acid groups (broad SMARTS) is 1. The first-order chi connectivity index (χ1) is 9.63. The summed E-state index contributed by atoms with van der Waals surface area (Å²) in [4.78, 5) is 15.4. The number of carboxylic acids is 1. The van der Waals surface area contributed by atoms with Crippen molar-refractivity contribution >= 4 is 39.3 Å². The number of thiazole rings is 1. The number of aromatic nitrogens is 1. The molecule has 0 unspecified atom stereocenters. The van der Waals surface area contributed by atoms with E-state index in [1.165, 1.54) is 0 Å². The second-order valence-corrected chi connectivity index (χ2v) is 6.49. The fourth-order valence-corrected chi connectivity index (χ4v) is 3.93. The van der Waals surface area contributed by atoms with Crippen LogP contribution >= 0.6 is 23.1 Å². The highest BCUT2D eigenvalue weighted by Gasteiger charge is 2.14. The van der Waals surface area contributed by atoms with Gasteiger partial charge in [-0.15, -0.1) is 11.3 Å². The molecule has 102 valence electrons. The standard InChI is InChI=1S/C14H11NO3S2/c1-8-9(6-11(18-8)13(16)17)7-19-14-15-10-4-2-3-5-12(10)20-14/h2-6H,7H2,1H3,(H,16,17). The van der Waals surface area contributed by atoms with Gasteiger partial charge in [-0.2, -0.15) is 0 Å². The van der Waals surface area contributed by atoms with Gasteiger partial charge in [0.1, 0.15) is 5.76 Å². The van der Waals surface area contributed by atoms with E-state index in [2.05, 4.69) is 4.98 Å². The van der Waals surface area contributed by atoms with Crippen LogP contribution in [0.2, 0.25) is 0 Å². The Morgan fingerprint density at radius 1 is 1.45 bits per heavy atom. The second-order valence-electron chi connectivity index (χ2n) is 4.23. The molecule has 0 fully saturated rings. The van der Waals surface area contributed by atoms with E-state index in [4.69, 9.17) is 9.52 Å². The summed E-state index contributed by atoms with van der Waals surface area (Å²) in [7, 11) is 0. The molecular formula is C14H11NO3S2. The first-order valence-corrected chi connectivity index (χ1v) is 7.74. The summed E-state index contributed by atoms with van der Waals surface area (Å²) in [5.41, 5.74) is 1.89. The normalized spacial score (nSPS) is 11.1. The van der Waals surface area contributed by atoms with Crippen molar-refractivity contribution in [1.29, 1.82) is 0 Å². The van der Waals surface area contributed by atoms with Crippen LogP contribution in [-0.4, -0.2) is 16.1 Å². The Labute approximate surface area is 123 Å². The molecule has 0 aliphatic rings. The smallest absolute Gasteiger partial charge is 0.371 e. The van der Waals surface area contributed by atoms with Crippen molar-refractivity contribution in [3.63, 3.8) is 0 Å². The van der Waals surface area contributed by atoms with Crippen molar-refractivity contribution in [3.05, 3.63) is 47.4 Å². The summed E-state index contributed by atoms with van der Waals surface area (Å²) in [5.74, 6) is 0.255. The van der Waals surface area contributed by atoms with Gasteiger partial charge >= 0.3 is 5.97 Å². The molecule has 0 amide bonds. The minimum atomic E-state index is -1.04. The number of hydrogen-bond donors (Lipinski definition) is 1. The number of para-hydroxylation sites is 1. The molecule has 0 saturated carbocycles. The molecule has 1 N–H and O–H groups in total. The SMILES string of the molecule is Cc1oc(C(=O)O)cc1CSc1nc2ccccc2s1. The first-order valence-electron chi connectivity index (χ1n) is 5.94. The Morgan fingerprint density at radius 2 is 2.25 bits per heavy atom. The number of furan rings is 1. The first kappa shape index (κ1) is 13.2. The third-order valence-corrected chi connectivity index (χ3v) is 5.08. The lowest BCUT2D eigenvalue weighted by atomic mass is 10.3. The topological polar surface area (TPSA) is 63.3 Å². The maximum atomic E-state index is 10.8. The Kier molecular flexibility index (Phi) is 3.50. The van der Waals surface area contributed by atoms with Gasteiger partial charge in [-0.05, 0) is 25.1 Å². The summed E-state index contributed by atoms with van der Waals surface area (Å²) in [6.45, 7) is 1.78. The summed E-state index contributed by atoms with van der Waals surface area (Å²) < 4.78 is 7.33. The van der Waals surface area contributed by atoms with E-state index in [0.717, 1.165) is 20.1 Å². The molecule has 0 radical (unpaired) electrons. The molecule has 0 aliphatic carbocycles. The van der Waals surface area contributed by atoms with E-state index < -0.39 is 5.97 Å². The number of hydrogen-bond acceptors (Lipinski definition) is 5. The van der Waals surface area contributed by atoms with Crippen LogP contribution in [0.4, 0.5) is 0 Å². The molecular weight excluding hydrogens is 294 g/mol. The molecule has 0 atom stereocenters. The molecule has 6 heteroatoms. The van der Waals surface area contributed by atoms with Crippen molar-refractivity contribution in [2.45, 2.75) is 17.0 Å². The highest BCUT2D eigenvalue weighted by molar-refractivity contribution is 8.00. The lowest BCUT2D eigenvalue weighted by Gasteiger charge is -1.95. The Balaban J connectivity index is 1.77.